The first-order valence-electron chi connectivity index (χ1n) is 7.87. The van der Waals surface area contributed by atoms with Gasteiger partial charge in [-0.3, -0.25) is 14.9 Å². The molecule has 2 rings (SSSR count). The molecule has 22 heavy (non-hydrogen) atoms. The maximum absolute atomic E-state index is 12.1. The molecular formula is C17H25N3O2. The highest BCUT2D eigenvalue weighted by molar-refractivity contribution is 5.94. The molecule has 2 amide bonds. The number of anilines is 1. The van der Waals surface area contributed by atoms with Crippen LogP contribution >= 0.6 is 0 Å². The van der Waals surface area contributed by atoms with E-state index in [1.165, 1.54) is 0 Å². The highest BCUT2D eigenvalue weighted by Gasteiger charge is 2.25. The van der Waals surface area contributed by atoms with Crippen LogP contribution in [0.4, 0.5) is 5.69 Å². The molecule has 5 nitrogen and oxygen atoms in total. The van der Waals surface area contributed by atoms with Gasteiger partial charge in [0.15, 0.2) is 0 Å². The Balaban J connectivity index is 1.88. The number of nitrogens with zero attached hydrogens (tertiary/aromatic N) is 1. The third-order valence-corrected chi connectivity index (χ3v) is 3.82. The zero-order valence-corrected chi connectivity index (χ0v) is 13.6. The summed E-state index contributed by atoms with van der Waals surface area (Å²) >= 11 is 0. The van der Waals surface area contributed by atoms with Crippen molar-refractivity contribution in [3.05, 3.63) is 29.3 Å². The average Bonchev–Trinajstić information content (AvgIpc) is 2.41. The summed E-state index contributed by atoms with van der Waals surface area (Å²) in [5, 5.41) is 6.18. The number of benzene rings is 1. The van der Waals surface area contributed by atoms with Gasteiger partial charge in [0.05, 0.1) is 6.67 Å². The smallest absolute Gasteiger partial charge is 0.244 e. The van der Waals surface area contributed by atoms with E-state index in [4.69, 9.17) is 0 Å². The number of rotatable bonds is 5. The Morgan fingerprint density at radius 3 is 2.59 bits per heavy atom. The molecular weight excluding hydrogens is 278 g/mol. The predicted octanol–water partition coefficient (Wildman–Crippen LogP) is 2.19. The number of nitrogens with one attached hydrogen (secondary N) is 2. The molecule has 0 aliphatic carbocycles. The van der Waals surface area contributed by atoms with E-state index in [0.717, 1.165) is 29.7 Å². The monoisotopic (exact) mass is 303 g/mol. The van der Waals surface area contributed by atoms with E-state index in [1.807, 2.05) is 26.0 Å². The second kappa shape index (κ2) is 7.40. The van der Waals surface area contributed by atoms with Crippen LogP contribution in [0.5, 0.6) is 0 Å². The summed E-state index contributed by atoms with van der Waals surface area (Å²) in [5.74, 6) is -0.109. The van der Waals surface area contributed by atoms with Crippen molar-refractivity contribution < 1.29 is 9.59 Å². The molecule has 1 atom stereocenters. The van der Waals surface area contributed by atoms with Crippen LogP contribution in [-0.4, -0.2) is 36.0 Å². The van der Waals surface area contributed by atoms with Crippen molar-refractivity contribution in [1.29, 1.82) is 0 Å². The van der Waals surface area contributed by atoms with Gasteiger partial charge in [-0.1, -0.05) is 19.4 Å². The van der Waals surface area contributed by atoms with Crippen molar-refractivity contribution in [3.8, 4) is 0 Å². The molecule has 1 heterocycles. The third-order valence-electron chi connectivity index (χ3n) is 3.82. The minimum atomic E-state index is -0.158. The number of carbonyl (C=O) groups excluding carboxylic acids is 2. The largest absolute Gasteiger partial charge is 0.325 e. The van der Waals surface area contributed by atoms with Gasteiger partial charge in [-0.2, -0.15) is 0 Å². The Kier molecular flexibility index (Phi) is 5.55. The minimum Gasteiger partial charge on any atom is -0.325 e. The normalized spacial score (nSPS) is 18.4. The lowest BCUT2D eigenvalue weighted by atomic mass is 10.1. The van der Waals surface area contributed by atoms with Crippen LogP contribution in [0.1, 0.15) is 37.3 Å². The maximum Gasteiger partial charge on any atom is 0.244 e. The zero-order chi connectivity index (χ0) is 16.1. The van der Waals surface area contributed by atoms with Crippen LogP contribution in [0.15, 0.2) is 18.2 Å². The van der Waals surface area contributed by atoms with Gasteiger partial charge in [0.1, 0.15) is 6.54 Å². The van der Waals surface area contributed by atoms with Crippen molar-refractivity contribution in [2.24, 2.45) is 0 Å². The van der Waals surface area contributed by atoms with Crippen molar-refractivity contribution in [1.82, 2.24) is 10.2 Å². The number of hydrogen-bond donors (Lipinski definition) is 2. The molecule has 0 radical (unpaired) electrons. The van der Waals surface area contributed by atoms with Crippen molar-refractivity contribution in [3.63, 3.8) is 0 Å². The van der Waals surface area contributed by atoms with Gasteiger partial charge < -0.3 is 10.2 Å². The van der Waals surface area contributed by atoms with Gasteiger partial charge in [0, 0.05) is 18.2 Å². The molecule has 1 aromatic rings. The summed E-state index contributed by atoms with van der Waals surface area (Å²) in [6, 6.07) is 6.16. The minimum absolute atomic E-state index is 0.0489. The Bertz CT molecular complexity index is 537. The van der Waals surface area contributed by atoms with E-state index in [2.05, 4.69) is 23.6 Å². The van der Waals surface area contributed by atoms with Crippen LogP contribution in [-0.2, 0) is 9.59 Å². The highest BCUT2D eigenvalue weighted by Crippen LogP contribution is 2.14. The first kappa shape index (κ1) is 16.5. The van der Waals surface area contributed by atoms with Gasteiger partial charge in [-0.15, -0.1) is 0 Å². The van der Waals surface area contributed by atoms with E-state index in [1.54, 1.807) is 4.90 Å². The molecule has 2 N–H and O–H groups in total. The van der Waals surface area contributed by atoms with E-state index in [9.17, 15) is 9.59 Å². The third kappa shape index (κ3) is 4.56. The SMILES string of the molecule is CCCC1CC(=O)N(CC(=O)Nc2cc(C)cc(C)c2)CN1. The number of aryl methyl sites for hydroxylation is 2. The van der Waals surface area contributed by atoms with E-state index < -0.39 is 0 Å². The van der Waals surface area contributed by atoms with Crippen LogP contribution in [0.2, 0.25) is 0 Å². The first-order chi connectivity index (χ1) is 10.5. The molecule has 1 aromatic carbocycles. The lowest BCUT2D eigenvalue weighted by molar-refractivity contribution is -0.138. The van der Waals surface area contributed by atoms with Crippen LogP contribution < -0.4 is 10.6 Å². The Labute approximate surface area is 132 Å². The fourth-order valence-corrected chi connectivity index (χ4v) is 2.86. The lowest BCUT2D eigenvalue weighted by Crippen LogP contribution is -2.52. The van der Waals surface area contributed by atoms with Gasteiger partial charge in [-0.05, 0) is 43.5 Å². The first-order valence-corrected chi connectivity index (χ1v) is 7.87. The van der Waals surface area contributed by atoms with Crippen molar-refractivity contribution in [2.45, 2.75) is 46.1 Å². The standard InChI is InChI=1S/C17H25N3O2/c1-4-5-14-9-17(22)20(11-18-14)10-16(21)19-15-7-12(2)6-13(3)8-15/h6-8,14,18H,4-5,9-11H2,1-3H3,(H,19,21). The molecule has 1 aliphatic heterocycles. The molecule has 1 fully saturated rings. The highest BCUT2D eigenvalue weighted by atomic mass is 16.2. The molecule has 0 aromatic heterocycles. The fourth-order valence-electron chi connectivity index (χ4n) is 2.86. The number of hydrogen-bond acceptors (Lipinski definition) is 3. The van der Waals surface area contributed by atoms with Crippen molar-refractivity contribution >= 4 is 17.5 Å². The van der Waals surface area contributed by atoms with Crippen LogP contribution in [0, 0.1) is 13.8 Å². The second-order valence-corrected chi connectivity index (χ2v) is 6.07. The summed E-state index contributed by atoms with van der Waals surface area (Å²) in [4.78, 5) is 25.8. The van der Waals surface area contributed by atoms with Gasteiger partial charge in [0.2, 0.25) is 11.8 Å². The van der Waals surface area contributed by atoms with Crippen molar-refractivity contribution in [2.75, 3.05) is 18.5 Å². The zero-order valence-electron chi connectivity index (χ0n) is 13.6. The lowest BCUT2D eigenvalue weighted by Gasteiger charge is -2.32. The van der Waals surface area contributed by atoms with Gasteiger partial charge in [0.25, 0.3) is 0 Å². The second-order valence-electron chi connectivity index (χ2n) is 6.07. The summed E-state index contributed by atoms with van der Waals surface area (Å²) in [6.07, 6.45) is 2.52. The fraction of sp³-hybridized carbons (Fsp3) is 0.529. The topological polar surface area (TPSA) is 61.4 Å². The maximum atomic E-state index is 12.1. The van der Waals surface area contributed by atoms with Crippen LogP contribution in [0.3, 0.4) is 0 Å². The summed E-state index contributed by atoms with van der Waals surface area (Å²) in [5.41, 5.74) is 2.99. The quantitative estimate of drug-likeness (QED) is 0.876. The summed E-state index contributed by atoms with van der Waals surface area (Å²) in [6.45, 7) is 6.64. The summed E-state index contributed by atoms with van der Waals surface area (Å²) < 4.78 is 0. The van der Waals surface area contributed by atoms with E-state index in [0.29, 0.717) is 13.1 Å². The molecule has 120 valence electrons. The molecule has 1 saturated heterocycles. The Morgan fingerprint density at radius 1 is 1.32 bits per heavy atom. The predicted molar refractivity (Wildman–Crippen MR) is 87.6 cm³/mol. The molecule has 1 aliphatic rings. The number of amides is 2. The molecule has 5 heteroatoms. The van der Waals surface area contributed by atoms with Gasteiger partial charge in [-0.25, -0.2) is 0 Å². The average molecular weight is 303 g/mol. The molecule has 0 bridgehead atoms. The summed E-state index contributed by atoms with van der Waals surface area (Å²) in [7, 11) is 0. The Hall–Kier alpha value is -1.88. The van der Waals surface area contributed by atoms with Gasteiger partial charge >= 0.3 is 0 Å². The van der Waals surface area contributed by atoms with Crippen LogP contribution in [0.25, 0.3) is 0 Å². The molecule has 1 unspecified atom stereocenters. The van der Waals surface area contributed by atoms with E-state index in [-0.39, 0.29) is 24.4 Å². The molecule has 0 spiro atoms. The number of carbonyl (C=O) groups is 2. The van der Waals surface area contributed by atoms with E-state index >= 15 is 0 Å². The Morgan fingerprint density at radius 2 is 2.00 bits per heavy atom. The molecule has 0 saturated carbocycles.